The maximum Gasteiger partial charge on any atom is 0.330 e. The number of esters is 1. The van der Waals surface area contributed by atoms with Crippen LogP contribution in [0.15, 0.2) is 53.3 Å². The van der Waals surface area contributed by atoms with Crippen LogP contribution in [0.1, 0.15) is 36.5 Å². The first-order valence-electron chi connectivity index (χ1n) is 13.8. The van der Waals surface area contributed by atoms with Gasteiger partial charge in [0.25, 0.3) is 5.56 Å². The normalized spacial score (nSPS) is 16.2. The number of piperidine rings is 1. The summed E-state index contributed by atoms with van der Waals surface area (Å²) in [4.78, 5) is 27.1. The molecule has 0 atom stereocenters. The quantitative estimate of drug-likeness (QED) is 0.331. The van der Waals surface area contributed by atoms with Crippen LogP contribution in [0.25, 0.3) is 17.0 Å². The summed E-state index contributed by atoms with van der Waals surface area (Å²) in [5.41, 5.74) is 4.02. The minimum absolute atomic E-state index is 0.00981. The number of rotatable bonds is 9. The number of aromatic nitrogens is 1. The third kappa shape index (κ3) is 6.69. The highest BCUT2D eigenvalue weighted by molar-refractivity contribution is 5.94. The third-order valence-corrected chi connectivity index (χ3v) is 7.40. The van der Waals surface area contributed by atoms with Crippen molar-refractivity contribution in [3.05, 3.63) is 75.6 Å². The molecule has 1 aromatic heterocycles. The van der Waals surface area contributed by atoms with Crippen LogP contribution >= 0.6 is 0 Å². The largest absolute Gasteiger partial charge is 0.486 e. The SMILES string of the molecule is CCOC(=O)/C=C/c1cc(C)cc2c1ccc(=O)n2CCN1CCC(NCc2ccc3c(c2)OCCO3)CC1. The molecule has 3 heterocycles. The zero-order valence-corrected chi connectivity index (χ0v) is 22.8. The van der Waals surface area contributed by atoms with E-state index in [1.165, 1.54) is 11.6 Å². The van der Waals surface area contributed by atoms with Crippen molar-refractivity contribution in [3.8, 4) is 11.5 Å². The Bertz CT molecular complexity index is 1410. The van der Waals surface area contributed by atoms with Crippen molar-refractivity contribution in [3.63, 3.8) is 0 Å². The van der Waals surface area contributed by atoms with Crippen LogP contribution in [-0.4, -0.2) is 60.9 Å². The van der Waals surface area contributed by atoms with Gasteiger partial charge < -0.3 is 29.0 Å². The smallest absolute Gasteiger partial charge is 0.330 e. The van der Waals surface area contributed by atoms with Crippen LogP contribution in [-0.2, 0) is 22.6 Å². The van der Waals surface area contributed by atoms with Gasteiger partial charge in [0.2, 0.25) is 0 Å². The van der Waals surface area contributed by atoms with E-state index >= 15 is 0 Å². The third-order valence-electron chi connectivity index (χ3n) is 7.40. The lowest BCUT2D eigenvalue weighted by Crippen LogP contribution is -2.43. The molecule has 1 N–H and O–H groups in total. The van der Waals surface area contributed by atoms with E-state index in [9.17, 15) is 9.59 Å². The fourth-order valence-corrected chi connectivity index (χ4v) is 5.35. The number of likely N-dealkylation sites (tertiary alicyclic amines) is 1. The molecule has 8 heteroatoms. The maximum absolute atomic E-state index is 12.9. The summed E-state index contributed by atoms with van der Waals surface area (Å²) >= 11 is 0. The Balaban J connectivity index is 1.18. The monoisotopic (exact) mass is 531 g/mol. The second-order valence-corrected chi connectivity index (χ2v) is 10.2. The van der Waals surface area contributed by atoms with Gasteiger partial charge in [0.05, 0.1) is 12.1 Å². The molecule has 0 bridgehead atoms. The van der Waals surface area contributed by atoms with Crippen molar-refractivity contribution in [1.82, 2.24) is 14.8 Å². The zero-order valence-electron chi connectivity index (χ0n) is 22.8. The van der Waals surface area contributed by atoms with E-state index in [4.69, 9.17) is 14.2 Å². The molecular formula is C31H37N3O5. The molecule has 206 valence electrons. The van der Waals surface area contributed by atoms with E-state index in [0.717, 1.165) is 72.5 Å². The highest BCUT2D eigenvalue weighted by Crippen LogP contribution is 2.30. The van der Waals surface area contributed by atoms with Gasteiger partial charge in [-0.05, 0) is 86.8 Å². The number of fused-ring (bicyclic) bond motifs is 2. The van der Waals surface area contributed by atoms with E-state index in [0.29, 0.717) is 32.4 Å². The molecule has 0 radical (unpaired) electrons. The van der Waals surface area contributed by atoms with Crippen molar-refractivity contribution in [1.29, 1.82) is 0 Å². The summed E-state index contributed by atoms with van der Waals surface area (Å²) in [6.07, 6.45) is 5.35. The summed E-state index contributed by atoms with van der Waals surface area (Å²) in [5, 5.41) is 4.64. The van der Waals surface area contributed by atoms with Crippen molar-refractivity contribution >= 4 is 22.9 Å². The number of hydrogen-bond donors (Lipinski definition) is 1. The number of carbonyl (C=O) groups excluding carboxylic acids is 1. The first kappa shape index (κ1) is 27.0. The second kappa shape index (κ2) is 12.5. The van der Waals surface area contributed by atoms with E-state index in [1.54, 1.807) is 19.1 Å². The summed E-state index contributed by atoms with van der Waals surface area (Å²) in [6.45, 7) is 9.55. The molecule has 0 saturated carbocycles. The molecule has 39 heavy (non-hydrogen) atoms. The van der Waals surface area contributed by atoms with Crippen molar-refractivity contribution in [2.45, 2.75) is 45.8 Å². The van der Waals surface area contributed by atoms with E-state index in [-0.39, 0.29) is 11.5 Å². The van der Waals surface area contributed by atoms with Gasteiger partial charge >= 0.3 is 5.97 Å². The lowest BCUT2D eigenvalue weighted by atomic mass is 10.0. The Morgan fingerprint density at radius 3 is 2.64 bits per heavy atom. The van der Waals surface area contributed by atoms with E-state index < -0.39 is 0 Å². The van der Waals surface area contributed by atoms with Crippen LogP contribution in [0.3, 0.4) is 0 Å². The maximum atomic E-state index is 12.9. The molecule has 3 aromatic rings. The summed E-state index contributed by atoms with van der Waals surface area (Å²) < 4.78 is 18.2. The lowest BCUT2D eigenvalue weighted by Gasteiger charge is -2.32. The van der Waals surface area contributed by atoms with Gasteiger partial charge in [0.15, 0.2) is 11.5 Å². The Morgan fingerprint density at radius 2 is 1.85 bits per heavy atom. The van der Waals surface area contributed by atoms with Gasteiger partial charge in [-0.2, -0.15) is 0 Å². The second-order valence-electron chi connectivity index (χ2n) is 10.2. The summed E-state index contributed by atoms with van der Waals surface area (Å²) in [5.74, 6) is 1.28. The Morgan fingerprint density at radius 1 is 1.05 bits per heavy atom. The molecule has 2 aromatic carbocycles. The highest BCUT2D eigenvalue weighted by Gasteiger charge is 2.20. The average molecular weight is 532 g/mol. The van der Waals surface area contributed by atoms with Crippen LogP contribution < -0.4 is 20.3 Å². The number of ether oxygens (including phenoxy) is 3. The predicted octanol–water partition coefficient (Wildman–Crippen LogP) is 3.91. The molecule has 1 saturated heterocycles. The predicted molar refractivity (Wildman–Crippen MR) is 152 cm³/mol. The van der Waals surface area contributed by atoms with Crippen LogP contribution in [0, 0.1) is 6.92 Å². The fourth-order valence-electron chi connectivity index (χ4n) is 5.35. The Hall–Kier alpha value is -3.62. The summed E-state index contributed by atoms with van der Waals surface area (Å²) in [7, 11) is 0. The van der Waals surface area contributed by atoms with Crippen LogP contribution in [0.4, 0.5) is 0 Å². The van der Waals surface area contributed by atoms with Gasteiger partial charge in [-0.1, -0.05) is 12.1 Å². The molecule has 0 aliphatic carbocycles. The first-order chi connectivity index (χ1) is 19.0. The number of pyridine rings is 1. The molecule has 5 rings (SSSR count). The number of carbonyl (C=O) groups is 1. The standard InChI is InChI=1S/C31H37N3O5/c1-3-37-31(36)9-5-24-18-22(2)19-27-26(24)6-8-30(35)34(27)15-14-33-12-10-25(11-13-33)32-21-23-4-7-28-29(20-23)39-17-16-38-28/h4-9,18-20,25,32H,3,10-17,21H2,1-2H3/b9-5+. The molecule has 1 fully saturated rings. The van der Waals surface area contributed by atoms with Crippen molar-refractivity contribution in [2.75, 3.05) is 39.5 Å². The minimum Gasteiger partial charge on any atom is -0.486 e. The van der Waals surface area contributed by atoms with Crippen molar-refractivity contribution < 1.29 is 19.0 Å². The first-order valence-corrected chi connectivity index (χ1v) is 13.8. The van der Waals surface area contributed by atoms with Crippen LogP contribution in [0.2, 0.25) is 0 Å². The Labute approximate surface area is 229 Å². The fraction of sp³-hybridized carbons (Fsp3) is 0.419. The van der Waals surface area contributed by atoms with Gasteiger partial charge in [0.1, 0.15) is 13.2 Å². The molecule has 2 aliphatic rings. The number of nitrogens with one attached hydrogen (secondary N) is 1. The van der Waals surface area contributed by atoms with Crippen LogP contribution in [0.5, 0.6) is 11.5 Å². The van der Waals surface area contributed by atoms with E-state index in [2.05, 4.69) is 22.3 Å². The number of aryl methyl sites for hydroxylation is 1. The molecule has 0 amide bonds. The van der Waals surface area contributed by atoms with Crippen molar-refractivity contribution in [2.24, 2.45) is 0 Å². The molecular weight excluding hydrogens is 494 g/mol. The molecule has 0 unspecified atom stereocenters. The molecule has 8 nitrogen and oxygen atoms in total. The zero-order chi connectivity index (χ0) is 27.2. The number of benzene rings is 2. The van der Waals surface area contributed by atoms with Gasteiger partial charge in [-0.25, -0.2) is 4.79 Å². The number of hydrogen-bond acceptors (Lipinski definition) is 7. The minimum atomic E-state index is -0.371. The average Bonchev–Trinajstić information content (AvgIpc) is 2.95. The number of nitrogens with zero attached hydrogens (tertiary/aromatic N) is 2. The lowest BCUT2D eigenvalue weighted by molar-refractivity contribution is -0.137. The van der Waals surface area contributed by atoms with Gasteiger partial charge in [0, 0.05) is 43.2 Å². The molecule has 2 aliphatic heterocycles. The molecule has 0 spiro atoms. The highest BCUT2D eigenvalue weighted by atomic mass is 16.6. The van der Waals surface area contributed by atoms with E-state index in [1.807, 2.05) is 35.8 Å². The topological polar surface area (TPSA) is 82.0 Å². The summed E-state index contributed by atoms with van der Waals surface area (Å²) in [6, 6.07) is 14.2. The Kier molecular flexibility index (Phi) is 8.64. The van der Waals surface area contributed by atoms with Gasteiger partial charge in [-0.15, -0.1) is 0 Å². The van der Waals surface area contributed by atoms with Gasteiger partial charge in [-0.3, -0.25) is 4.79 Å².